The van der Waals surface area contributed by atoms with E-state index in [9.17, 15) is 9.59 Å². The molecule has 2 fully saturated rings. The molecule has 2 heterocycles. The Morgan fingerprint density at radius 1 is 1.35 bits per heavy atom. The van der Waals surface area contributed by atoms with Crippen LogP contribution in [0.2, 0.25) is 0 Å². The Hall–Kier alpha value is -1.14. The second kappa shape index (κ2) is 8.64. The Bertz CT molecular complexity index is 414. The molecule has 0 radical (unpaired) electrons. The number of carbonyl (C=O) groups is 2. The standard InChI is InChI=1S/C17H31N3O3/c1-13(2)6-10-23-14(3)17(22)19-8-4-5-15(12-19)20-9-7-18-11-16(20)21/h13-15,18H,4-12H2,1-3H3. The van der Waals surface area contributed by atoms with Gasteiger partial charge in [-0.15, -0.1) is 0 Å². The molecule has 0 spiro atoms. The smallest absolute Gasteiger partial charge is 0.251 e. The maximum atomic E-state index is 12.6. The number of piperidine rings is 1. The number of nitrogens with zero attached hydrogens (tertiary/aromatic N) is 2. The van der Waals surface area contributed by atoms with Crippen molar-refractivity contribution in [1.29, 1.82) is 0 Å². The Morgan fingerprint density at radius 2 is 2.13 bits per heavy atom. The maximum Gasteiger partial charge on any atom is 0.251 e. The van der Waals surface area contributed by atoms with Gasteiger partial charge in [0.15, 0.2) is 0 Å². The fourth-order valence-corrected chi connectivity index (χ4v) is 3.23. The van der Waals surface area contributed by atoms with E-state index in [0.29, 0.717) is 25.6 Å². The summed E-state index contributed by atoms with van der Waals surface area (Å²) in [6.07, 6.45) is 2.51. The molecule has 132 valence electrons. The van der Waals surface area contributed by atoms with Gasteiger partial charge in [-0.05, 0) is 32.1 Å². The summed E-state index contributed by atoms with van der Waals surface area (Å²) in [7, 11) is 0. The van der Waals surface area contributed by atoms with Crippen LogP contribution in [-0.2, 0) is 14.3 Å². The third-order valence-electron chi connectivity index (χ3n) is 4.69. The number of carbonyl (C=O) groups excluding carboxylic acids is 2. The van der Waals surface area contributed by atoms with Gasteiger partial charge >= 0.3 is 0 Å². The minimum Gasteiger partial charge on any atom is -0.369 e. The fraction of sp³-hybridized carbons (Fsp3) is 0.882. The topological polar surface area (TPSA) is 61.9 Å². The molecule has 2 aliphatic rings. The van der Waals surface area contributed by atoms with Crippen molar-refractivity contribution in [2.45, 2.75) is 52.2 Å². The van der Waals surface area contributed by atoms with Gasteiger partial charge in [-0.2, -0.15) is 0 Å². The lowest BCUT2D eigenvalue weighted by atomic mass is 10.0. The first kappa shape index (κ1) is 18.2. The Labute approximate surface area is 139 Å². The second-order valence-corrected chi connectivity index (χ2v) is 7.04. The van der Waals surface area contributed by atoms with Gasteiger partial charge in [-0.25, -0.2) is 0 Å². The van der Waals surface area contributed by atoms with Gasteiger partial charge in [0.25, 0.3) is 5.91 Å². The summed E-state index contributed by atoms with van der Waals surface area (Å²) < 4.78 is 5.69. The van der Waals surface area contributed by atoms with Crippen molar-refractivity contribution in [3.8, 4) is 0 Å². The largest absolute Gasteiger partial charge is 0.369 e. The third kappa shape index (κ3) is 5.18. The molecule has 0 saturated carbocycles. The summed E-state index contributed by atoms with van der Waals surface area (Å²) in [6, 6.07) is 0.158. The second-order valence-electron chi connectivity index (χ2n) is 7.04. The van der Waals surface area contributed by atoms with E-state index in [0.717, 1.165) is 38.9 Å². The molecule has 6 heteroatoms. The number of amides is 2. The van der Waals surface area contributed by atoms with Gasteiger partial charge < -0.3 is 19.9 Å². The first-order chi connectivity index (χ1) is 11.0. The van der Waals surface area contributed by atoms with Gasteiger partial charge in [0, 0.05) is 38.8 Å². The monoisotopic (exact) mass is 325 g/mol. The molecule has 2 saturated heterocycles. The number of hydrogen-bond donors (Lipinski definition) is 1. The molecule has 6 nitrogen and oxygen atoms in total. The molecule has 0 aromatic rings. The van der Waals surface area contributed by atoms with Crippen LogP contribution < -0.4 is 5.32 Å². The molecular weight excluding hydrogens is 294 g/mol. The zero-order chi connectivity index (χ0) is 16.8. The van der Waals surface area contributed by atoms with E-state index in [-0.39, 0.29) is 17.9 Å². The van der Waals surface area contributed by atoms with Crippen LogP contribution in [0.4, 0.5) is 0 Å². The number of hydrogen-bond acceptors (Lipinski definition) is 4. The SMILES string of the molecule is CC(C)CCOC(C)C(=O)N1CCCC(N2CCNCC2=O)C1. The van der Waals surface area contributed by atoms with E-state index < -0.39 is 6.10 Å². The Kier molecular flexibility index (Phi) is 6.84. The van der Waals surface area contributed by atoms with Crippen molar-refractivity contribution in [2.24, 2.45) is 5.92 Å². The van der Waals surface area contributed by atoms with E-state index in [1.165, 1.54) is 0 Å². The Morgan fingerprint density at radius 3 is 2.83 bits per heavy atom. The average molecular weight is 325 g/mol. The fourth-order valence-electron chi connectivity index (χ4n) is 3.23. The summed E-state index contributed by atoms with van der Waals surface area (Å²) >= 11 is 0. The first-order valence-electron chi connectivity index (χ1n) is 8.89. The highest BCUT2D eigenvalue weighted by molar-refractivity contribution is 5.81. The molecule has 2 amide bonds. The summed E-state index contributed by atoms with van der Waals surface area (Å²) in [5.41, 5.74) is 0. The summed E-state index contributed by atoms with van der Waals surface area (Å²) in [6.45, 7) is 10.2. The molecule has 0 bridgehead atoms. The van der Waals surface area contributed by atoms with E-state index in [1.807, 2.05) is 16.7 Å². The lowest BCUT2D eigenvalue weighted by molar-refractivity contribution is -0.147. The van der Waals surface area contributed by atoms with E-state index in [1.54, 1.807) is 0 Å². The quantitative estimate of drug-likeness (QED) is 0.787. The van der Waals surface area contributed by atoms with Crippen molar-refractivity contribution in [2.75, 3.05) is 39.3 Å². The third-order valence-corrected chi connectivity index (χ3v) is 4.69. The zero-order valence-corrected chi connectivity index (χ0v) is 14.7. The molecule has 23 heavy (non-hydrogen) atoms. The normalized spacial score (nSPS) is 24.2. The van der Waals surface area contributed by atoms with Crippen LogP contribution >= 0.6 is 0 Å². The van der Waals surface area contributed by atoms with Crippen molar-refractivity contribution in [1.82, 2.24) is 15.1 Å². The average Bonchev–Trinajstić information content (AvgIpc) is 2.54. The number of piperazine rings is 1. The van der Waals surface area contributed by atoms with E-state index >= 15 is 0 Å². The van der Waals surface area contributed by atoms with Crippen LogP contribution in [0.1, 0.15) is 40.0 Å². The van der Waals surface area contributed by atoms with Gasteiger partial charge in [-0.3, -0.25) is 9.59 Å². The van der Waals surface area contributed by atoms with Gasteiger partial charge in [-0.1, -0.05) is 13.8 Å². The van der Waals surface area contributed by atoms with Crippen LogP contribution in [0.25, 0.3) is 0 Å². The highest BCUT2D eigenvalue weighted by atomic mass is 16.5. The van der Waals surface area contributed by atoms with Crippen molar-refractivity contribution < 1.29 is 14.3 Å². The molecule has 0 aromatic carbocycles. The highest BCUT2D eigenvalue weighted by Crippen LogP contribution is 2.18. The minimum atomic E-state index is -0.397. The first-order valence-corrected chi connectivity index (χ1v) is 8.89. The lowest BCUT2D eigenvalue weighted by Gasteiger charge is -2.41. The number of rotatable bonds is 6. The van der Waals surface area contributed by atoms with Gasteiger partial charge in [0.2, 0.25) is 5.91 Å². The summed E-state index contributed by atoms with van der Waals surface area (Å²) in [4.78, 5) is 28.4. The van der Waals surface area contributed by atoms with Crippen LogP contribution in [0.5, 0.6) is 0 Å². The maximum absolute atomic E-state index is 12.6. The highest BCUT2D eigenvalue weighted by Gasteiger charge is 2.33. The lowest BCUT2D eigenvalue weighted by Crippen LogP contribution is -2.58. The molecule has 1 N–H and O–H groups in total. The minimum absolute atomic E-state index is 0.0565. The van der Waals surface area contributed by atoms with Crippen LogP contribution in [0.3, 0.4) is 0 Å². The molecule has 0 aromatic heterocycles. The van der Waals surface area contributed by atoms with Crippen molar-refractivity contribution >= 4 is 11.8 Å². The number of likely N-dealkylation sites (tertiary alicyclic amines) is 1. The number of nitrogens with one attached hydrogen (secondary N) is 1. The zero-order valence-electron chi connectivity index (χ0n) is 14.7. The van der Waals surface area contributed by atoms with Crippen LogP contribution in [-0.4, -0.2) is 73.1 Å². The van der Waals surface area contributed by atoms with E-state index in [4.69, 9.17) is 4.74 Å². The van der Waals surface area contributed by atoms with E-state index in [2.05, 4.69) is 19.2 Å². The van der Waals surface area contributed by atoms with Crippen LogP contribution in [0, 0.1) is 5.92 Å². The predicted octanol–water partition coefficient (Wildman–Crippen LogP) is 0.860. The Balaban J connectivity index is 1.84. The molecule has 2 aliphatic heterocycles. The summed E-state index contributed by atoms with van der Waals surface area (Å²) in [5, 5.41) is 3.10. The molecule has 2 rings (SSSR count). The number of ether oxygens (including phenoxy) is 1. The van der Waals surface area contributed by atoms with Crippen molar-refractivity contribution in [3.05, 3.63) is 0 Å². The van der Waals surface area contributed by atoms with Gasteiger partial charge in [0.1, 0.15) is 6.10 Å². The molecule has 0 aliphatic carbocycles. The molecule has 2 unspecified atom stereocenters. The predicted molar refractivity (Wildman–Crippen MR) is 89.1 cm³/mol. The van der Waals surface area contributed by atoms with Crippen molar-refractivity contribution in [3.63, 3.8) is 0 Å². The molecule has 2 atom stereocenters. The van der Waals surface area contributed by atoms with Crippen LogP contribution in [0.15, 0.2) is 0 Å². The molecular formula is C17H31N3O3. The van der Waals surface area contributed by atoms with Gasteiger partial charge in [0.05, 0.1) is 6.54 Å². The summed E-state index contributed by atoms with van der Waals surface area (Å²) in [5.74, 6) is 0.785.